The Morgan fingerprint density at radius 3 is 1.75 bits per heavy atom. The van der Waals surface area contributed by atoms with Crippen LogP contribution in [0.4, 0.5) is 0 Å². The van der Waals surface area contributed by atoms with Crippen LogP contribution in [0.1, 0.15) is 49.7 Å². The van der Waals surface area contributed by atoms with Crippen LogP contribution in [0.2, 0.25) is 0 Å². The molecule has 0 saturated heterocycles. The molecule has 1 aliphatic carbocycles. The zero-order valence-electron chi connectivity index (χ0n) is 10.0. The smallest absolute Gasteiger partial charge is 0.00893 e. The first-order valence-corrected chi connectivity index (χ1v) is 6.38. The molecule has 0 spiro atoms. The summed E-state index contributed by atoms with van der Waals surface area (Å²) < 4.78 is 0. The van der Waals surface area contributed by atoms with Gasteiger partial charge in [-0.1, -0.05) is 50.2 Å². The Kier molecular flexibility index (Phi) is 2.24. The molecule has 0 radical (unpaired) electrons. The van der Waals surface area contributed by atoms with Crippen LogP contribution in [-0.2, 0) is 0 Å². The van der Waals surface area contributed by atoms with Crippen LogP contribution < -0.4 is 0 Å². The monoisotopic (exact) mass is 210 g/mol. The molecule has 2 aromatic rings. The summed E-state index contributed by atoms with van der Waals surface area (Å²) >= 11 is 0. The summed E-state index contributed by atoms with van der Waals surface area (Å²) in [7, 11) is 0. The van der Waals surface area contributed by atoms with E-state index in [-0.39, 0.29) is 0 Å². The van der Waals surface area contributed by atoms with Crippen LogP contribution in [-0.4, -0.2) is 0 Å². The van der Waals surface area contributed by atoms with Crippen molar-refractivity contribution in [1.82, 2.24) is 0 Å². The predicted molar refractivity (Wildman–Crippen MR) is 70.0 cm³/mol. The number of hydrogen-bond acceptors (Lipinski definition) is 0. The first kappa shape index (κ1) is 9.89. The lowest BCUT2D eigenvalue weighted by atomic mass is 9.86. The summed E-state index contributed by atoms with van der Waals surface area (Å²) in [4.78, 5) is 0. The van der Waals surface area contributed by atoms with Crippen molar-refractivity contribution in [3.8, 4) is 0 Å². The molecule has 0 N–H and O–H groups in total. The van der Waals surface area contributed by atoms with Gasteiger partial charge in [-0.2, -0.15) is 0 Å². The van der Waals surface area contributed by atoms with Gasteiger partial charge in [0.05, 0.1) is 0 Å². The highest BCUT2D eigenvalue weighted by Crippen LogP contribution is 2.49. The van der Waals surface area contributed by atoms with Crippen molar-refractivity contribution in [2.75, 3.05) is 0 Å². The molecule has 2 atom stereocenters. The lowest BCUT2D eigenvalue weighted by molar-refractivity contribution is 0.532. The summed E-state index contributed by atoms with van der Waals surface area (Å²) in [5.74, 6) is 1.48. The molecule has 0 fully saturated rings. The minimum atomic E-state index is 0.742. The van der Waals surface area contributed by atoms with Crippen LogP contribution >= 0.6 is 0 Å². The first-order valence-electron chi connectivity index (χ1n) is 6.38. The van der Waals surface area contributed by atoms with Gasteiger partial charge in [0.25, 0.3) is 0 Å². The molecule has 0 saturated carbocycles. The Morgan fingerprint density at radius 2 is 1.31 bits per heavy atom. The fraction of sp³-hybridized carbons (Fsp3) is 0.375. The second-order valence-electron chi connectivity index (χ2n) is 4.82. The van der Waals surface area contributed by atoms with E-state index in [1.54, 1.807) is 16.5 Å². The summed E-state index contributed by atoms with van der Waals surface area (Å²) in [5, 5.41) is 2.97. The third kappa shape index (κ3) is 1.16. The normalized spacial score (nSPS) is 22.9. The van der Waals surface area contributed by atoms with Gasteiger partial charge in [-0.3, -0.25) is 0 Å². The van der Waals surface area contributed by atoms with Crippen molar-refractivity contribution in [2.45, 2.75) is 38.5 Å². The average molecular weight is 210 g/mol. The van der Waals surface area contributed by atoms with E-state index in [1.165, 1.54) is 18.2 Å². The second-order valence-corrected chi connectivity index (χ2v) is 4.82. The van der Waals surface area contributed by atoms with Crippen molar-refractivity contribution in [3.63, 3.8) is 0 Å². The van der Waals surface area contributed by atoms with E-state index >= 15 is 0 Å². The highest BCUT2D eigenvalue weighted by molar-refractivity contribution is 5.92. The minimum absolute atomic E-state index is 0.742. The first-order chi connectivity index (χ1) is 7.86. The van der Waals surface area contributed by atoms with E-state index < -0.39 is 0 Å². The van der Waals surface area contributed by atoms with Gasteiger partial charge in [-0.15, -0.1) is 0 Å². The van der Waals surface area contributed by atoms with Crippen LogP contribution in [0.25, 0.3) is 10.8 Å². The Hall–Kier alpha value is -1.30. The van der Waals surface area contributed by atoms with Gasteiger partial charge in [0, 0.05) is 0 Å². The molecule has 16 heavy (non-hydrogen) atoms. The quantitative estimate of drug-likeness (QED) is 0.665. The van der Waals surface area contributed by atoms with Crippen molar-refractivity contribution in [1.29, 1.82) is 0 Å². The van der Waals surface area contributed by atoms with Gasteiger partial charge < -0.3 is 0 Å². The van der Waals surface area contributed by atoms with Gasteiger partial charge in [0.2, 0.25) is 0 Å². The zero-order valence-corrected chi connectivity index (χ0v) is 10.0. The van der Waals surface area contributed by atoms with Crippen LogP contribution in [0.5, 0.6) is 0 Å². The molecular formula is C16H18. The van der Waals surface area contributed by atoms with E-state index in [2.05, 4.69) is 50.2 Å². The van der Waals surface area contributed by atoms with Crippen LogP contribution in [0.15, 0.2) is 36.4 Å². The van der Waals surface area contributed by atoms with Gasteiger partial charge in [-0.25, -0.2) is 0 Å². The topological polar surface area (TPSA) is 0 Å². The summed E-state index contributed by atoms with van der Waals surface area (Å²) in [5.41, 5.74) is 3.17. The lowest BCUT2D eigenvalue weighted by Crippen LogP contribution is -2.02. The fourth-order valence-electron chi connectivity index (χ4n) is 3.46. The van der Waals surface area contributed by atoms with Crippen molar-refractivity contribution < 1.29 is 0 Å². The lowest BCUT2D eigenvalue weighted by Gasteiger charge is -2.18. The summed E-state index contributed by atoms with van der Waals surface area (Å²) in [6.45, 7) is 4.64. The minimum Gasteiger partial charge on any atom is -0.0648 e. The molecule has 0 unspecified atom stereocenters. The third-order valence-corrected chi connectivity index (χ3v) is 4.13. The molecule has 82 valence electrons. The maximum Gasteiger partial charge on any atom is -0.00893 e. The Morgan fingerprint density at radius 1 is 0.812 bits per heavy atom. The molecular weight excluding hydrogens is 192 g/mol. The largest absolute Gasteiger partial charge is 0.0648 e. The van der Waals surface area contributed by atoms with E-state index in [9.17, 15) is 0 Å². The van der Waals surface area contributed by atoms with Crippen molar-refractivity contribution >= 4 is 10.8 Å². The Bertz CT molecular complexity index is 480. The van der Waals surface area contributed by atoms with E-state index in [0.717, 1.165) is 11.8 Å². The summed E-state index contributed by atoms with van der Waals surface area (Å²) in [6.07, 6.45) is 2.51. The van der Waals surface area contributed by atoms with Crippen LogP contribution in [0.3, 0.4) is 0 Å². The maximum absolute atomic E-state index is 2.33. The fourth-order valence-corrected chi connectivity index (χ4v) is 3.46. The highest BCUT2D eigenvalue weighted by atomic mass is 14.3. The highest BCUT2D eigenvalue weighted by Gasteiger charge is 2.31. The van der Waals surface area contributed by atoms with Crippen molar-refractivity contribution in [3.05, 3.63) is 47.5 Å². The predicted octanol–water partition coefficient (Wildman–Crippen LogP) is 4.84. The molecule has 3 rings (SSSR count). The number of rotatable bonds is 2. The number of hydrogen-bond donors (Lipinski definition) is 0. The zero-order chi connectivity index (χ0) is 11.1. The van der Waals surface area contributed by atoms with Crippen LogP contribution in [0, 0.1) is 0 Å². The molecule has 2 aromatic carbocycles. The Balaban J connectivity index is 2.34. The molecule has 1 aliphatic rings. The molecule has 0 aromatic heterocycles. The van der Waals surface area contributed by atoms with Gasteiger partial charge in [0.1, 0.15) is 0 Å². The Labute approximate surface area is 97.3 Å². The van der Waals surface area contributed by atoms with Gasteiger partial charge in [-0.05, 0) is 46.6 Å². The van der Waals surface area contributed by atoms with Gasteiger partial charge in [0.15, 0.2) is 0 Å². The SMILES string of the molecule is CC[C@@H]1c2cccc3cccc(c23)[C@@H]1CC. The molecule has 0 heterocycles. The molecule has 0 heteroatoms. The standard InChI is InChI=1S/C16H18/c1-3-12-13(4-2)15-10-6-8-11-7-5-9-14(12)16(11)15/h5-10,12-13H,3-4H2,1-2H3/t12-,13+. The van der Waals surface area contributed by atoms with E-state index in [0.29, 0.717) is 0 Å². The molecule has 0 nitrogen and oxygen atoms in total. The summed E-state index contributed by atoms with van der Waals surface area (Å²) in [6, 6.07) is 13.6. The third-order valence-electron chi connectivity index (χ3n) is 4.13. The maximum atomic E-state index is 2.33. The molecule has 0 bridgehead atoms. The van der Waals surface area contributed by atoms with Crippen molar-refractivity contribution in [2.24, 2.45) is 0 Å². The van der Waals surface area contributed by atoms with Gasteiger partial charge >= 0.3 is 0 Å². The number of benzene rings is 2. The van der Waals surface area contributed by atoms with E-state index in [4.69, 9.17) is 0 Å². The van der Waals surface area contributed by atoms with E-state index in [1.807, 2.05) is 0 Å². The second kappa shape index (κ2) is 3.62. The molecule has 0 aliphatic heterocycles. The average Bonchev–Trinajstić information content (AvgIpc) is 2.65. The molecule has 0 amide bonds.